The molecule has 8 heteroatoms. The third-order valence-electron chi connectivity index (χ3n) is 5.59. The lowest BCUT2D eigenvalue weighted by Crippen LogP contribution is -2.18. The van der Waals surface area contributed by atoms with Crippen molar-refractivity contribution in [3.05, 3.63) is 66.0 Å². The summed E-state index contributed by atoms with van der Waals surface area (Å²) in [4.78, 5) is 20.7. The predicted octanol–water partition coefficient (Wildman–Crippen LogP) is 5.17. The summed E-state index contributed by atoms with van der Waals surface area (Å²) in [7, 11) is 5.09. The summed E-state index contributed by atoms with van der Waals surface area (Å²) in [6, 6.07) is 15.3. The predicted molar refractivity (Wildman–Crippen MR) is 133 cm³/mol. The van der Waals surface area contributed by atoms with Crippen molar-refractivity contribution in [2.45, 2.75) is 26.2 Å². The number of amides is 1. The molecule has 0 radical (unpaired) electrons. The molecule has 0 saturated heterocycles. The largest absolute Gasteiger partial charge is 0.493 e. The third kappa shape index (κ3) is 4.66. The van der Waals surface area contributed by atoms with Gasteiger partial charge in [0.15, 0.2) is 11.5 Å². The summed E-state index contributed by atoms with van der Waals surface area (Å²) in [6.07, 6.45) is 1.53. The molecule has 0 aliphatic carbocycles. The van der Waals surface area contributed by atoms with E-state index in [-0.39, 0.29) is 17.0 Å². The number of anilines is 2. The van der Waals surface area contributed by atoms with Crippen molar-refractivity contribution in [1.82, 2.24) is 19.9 Å². The number of ether oxygens (including phenoxy) is 2. The Bertz CT molecular complexity index is 1340. The van der Waals surface area contributed by atoms with Gasteiger partial charge in [0, 0.05) is 44.2 Å². The molecule has 2 aromatic heterocycles. The van der Waals surface area contributed by atoms with E-state index in [4.69, 9.17) is 14.5 Å². The van der Waals surface area contributed by atoms with Crippen molar-refractivity contribution in [3.63, 3.8) is 0 Å². The average Bonchev–Trinajstić information content (AvgIpc) is 3.12. The van der Waals surface area contributed by atoms with E-state index >= 15 is 0 Å². The van der Waals surface area contributed by atoms with Crippen LogP contribution in [0.25, 0.3) is 11.0 Å². The third-order valence-corrected chi connectivity index (χ3v) is 5.59. The van der Waals surface area contributed by atoms with Gasteiger partial charge < -0.3 is 24.7 Å². The van der Waals surface area contributed by atoms with Crippen molar-refractivity contribution in [2.24, 2.45) is 7.05 Å². The lowest BCUT2D eigenvalue weighted by molar-refractivity contribution is 0.0958. The molecule has 2 heterocycles. The Hall–Kier alpha value is -4.07. The maximum Gasteiger partial charge on any atom is 0.269 e. The SMILES string of the molecule is CNC(=O)c1cc(Oc2cc3nc(Nc4ccc(C(C)(C)C)cc4)n(C)c3cc2OC)ccn1. The van der Waals surface area contributed by atoms with Crippen LogP contribution in [-0.2, 0) is 12.5 Å². The number of aryl methyl sites for hydroxylation is 1. The van der Waals surface area contributed by atoms with Crippen LogP contribution in [0.15, 0.2) is 54.7 Å². The van der Waals surface area contributed by atoms with E-state index in [1.54, 1.807) is 26.3 Å². The van der Waals surface area contributed by atoms with Crippen LogP contribution in [0.2, 0.25) is 0 Å². The first-order valence-electron chi connectivity index (χ1n) is 11.0. The molecule has 4 rings (SSSR count). The highest BCUT2D eigenvalue weighted by Crippen LogP contribution is 2.36. The number of aromatic nitrogens is 3. The molecule has 1 amide bonds. The number of methoxy groups -OCH3 is 1. The summed E-state index contributed by atoms with van der Waals surface area (Å²) in [5.41, 5.74) is 4.21. The van der Waals surface area contributed by atoms with E-state index in [0.29, 0.717) is 23.2 Å². The van der Waals surface area contributed by atoms with E-state index in [0.717, 1.165) is 16.7 Å². The van der Waals surface area contributed by atoms with Crippen LogP contribution in [-0.4, -0.2) is 34.6 Å². The molecule has 2 N–H and O–H groups in total. The van der Waals surface area contributed by atoms with Crippen molar-refractivity contribution < 1.29 is 14.3 Å². The molecule has 0 saturated carbocycles. The zero-order chi connectivity index (χ0) is 24.5. The number of hydrogen-bond acceptors (Lipinski definition) is 6. The number of imidazole rings is 1. The maximum absolute atomic E-state index is 11.9. The summed E-state index contributed by atoms with van der Waals surface area (Å²) >= 11 is 0. The molecule has 8 nitrogen and oxygen atoms in total. The van der Waals surface area contributed by atoms with Crippen LogP contribution in [0.5, 0.6) is 17.2 Å². The second-order valence-electron chi connectivity index (χ2n) is 9.00. The Balaban J connectivity index is 1.64. The number of carbonyl (C=O) groups excluding carboxylic acids is 1. The van der Waals surface area contributed by atoms with Crippen LogP contribution in [0, 0.1) is 0 Å². The van der Waals surface area contributed by atoms with Gasteiger partial charge in [0.2, 0.25) is 5.95 Å². The molecule has 0 atom stereocenters. The zero-order valence-corrected chi connectivity index (χ0v) is 20.3. The molecule has 0 spiro atoms. The molecule has 176 valence electrons. The zero-order valence-electron chi connectivity index (χ0n) is 20.3. The lowest BCUT2D eigenvalue weighted by Gasteiger charge is -2.19. The Morgan fingerprint density at radius 3 is 2.41 bits per heavy atom. The van der Waals surface area contributed by atoms with Gasteiger partial charge in [0.1, 0.15) is 11.4 Å². The molecule has 0 unspecified atom stereocenters. The van der Waals surface area contributed by atoms with E-state index in [1.165, 1.54) is 11.8 Å². The summed E-state index contributed by atoms with van der Waals surface area (Å²) in [5, 5.41) is 5.95. The van der Waals surface area contributed by atoms with Crippen molar-refractivity contribution in [3.8, 4) is 17.2 Å². The van der Waals surface area contributed by atoms with E-state index in [2.05, 4.69) is 60.7 Å². The number of benzene rings is 2. The van der Waals surface area contributed by atoms with Gasteiger partial charge in [-0.25, -0.2) is 4.98 Å². The normalized spacial score (nSPS) is 11.4. The summed E-state index contributed by atoms with van der Waals surface area (Å²) in [5.74, 6) is 1.92. The molecular formula is C26H29N5O3. The first kappa shape index (κ1) is 23.1. The summed E-state index contributed by atoms with van der Waals surface area (Å²) < 4.78 is 13.6. The lowest BCUT2D eigenvalue weighted by atomic mass is 9.87. The molecule has 34 heavy (non-hydrogen) atoms. The average molecular weight is 460 g/mol. The number of nitrogens with one attached hydrogen (secondary N) is 2. The smallest absolute Gasteiger partial charge is 0.269 e. The van der Waals surface area contributed by atoms with Crippen molar-refractivity contribution >= 4 is 28.6 Å². The first-order chi connectivity index (χ1) is 16.2. The maximum atomic E-state index is 11.9. The molecule has 0 fully saturated rings. The highest BCUT2D eigenvalue weighted by atomic mass is 16.5. The fourth-order valence-electron chi connectivity index (χ4n) is 3.59. The molecule has 2 aromatic carbocycles. The van der Waals surface area contributed by atoms with Gasteiger partial charge in [-0.2, -0.15) is 0 Å². The Labute approximate surface area is 198 Å². The van der Waals surface area contributed by atoms with Crippen molar-refractivity contribution in [1.29, 1.82) is 0 Å². The minimum absolute atomic E-state index is 0.0965. The fourth-order valence-corrected chi connectivity index (χ4v) is 3.59. The molecular weight excluding hydrogens is 430 g/mol. The monoisotopic (exact) mass is 459 g/mol. The van der Waals surface area contributed by atoms with E-state index < -0.39 is 0 Å². The highest BCUT2D eigenvalue weighted by Gasteiger charge is 2.16. The Morgan fingerprint density at radius 2 is 1.76 bits per heavy atom. The van der Waals surface area contributed by atoms with E-state index in [1.807, 2.05) is 23.7 Å². The van der Waals surface area contributed by atoms with Gasteiger partial charge in [0.05, 0.1) is 18.1 Å². The van der Waals surface area contributed by atoms with Crippen LogP contribution in [0.4, 0.5) is 11.6 Å². The van der Waals surface area contributed by atoms with Gasteiger partial charge in [-0.15, -0.1) is 0 Å². The molecule has 0 aliphatic heterocycles. The standard InChI is InChI=1S/C26H29N5O3/c1-26(2,3)16-7-9-17(10-8-16)29-25-30-19-14-23(22(33-6)15-21(19)31(25)5)34-18-11-12-28-20(13-18)24(32)27-4/h7-15H,1-6H3,(H,27,32)(H,29,30). The minimum atomic E-state index is -0.288. The molecule has 0 aliphatic rings. The van der Waals surface area contributed by atoms with Gasteiger partial charge in [0.25, 0.3) is 5.91 Å². The number of fused-ring (bicyclic) bond motifs is 1. The second-order valence-corrected chi connectivity index (χ2v) is 9.00. The molecule has 4 aromatic rings. The van der Waals surface area contributed by atoms with Crippen LogP contribution < -0.4 is 20.1 Å². The number of hydrogen-bond donors (Lipinski definition) is 2. The number of carbonyl (C=O) groups is 1. The van der Waals surface area contributed by atoms with Crippen LogP contribution in [0.3, 0.4) is 0 Å². The van der Waals surface area contributed by atoms with Gasteiger partial charge in [-0.1, -0.05) is 32.9 Å². The first-order valence-corrected chi connectivity index (χ1v) is 11.0. The summed E-state index contributed by atoms with van der Waals surface area (Å²) in [6.45, 7) is 6.58. The fraction of sp³-hybridized carbons (Fsp3) is 0.269. The number of rotatable bonds is 6. The number of nitrogens with zero attached hydrogens (tertiary/aromatic N) is 3. The number of pyridine rings is 1. The quantitative estimate of drug-likeness (QED) is 0.413. The minimum Gasteiger partial charge on any atom is -0.493 e. The second kappa shape index (κ2) is 9.05. The highest BCUT2D eigenvalue weighted by molar-refractivity contribution is 5.92. The Kier molecular flexibility index (Phi) is 6.15. The van der Waals surface area contributed by atoms with Crippen LogP contribution >= 0.6 is 0 Å². The molecule has 0 bridgehead atoms. The van der Waals surface area contributed by atoms with Crippen molar-refractivity contribution in [2.75, 3.05) is 19.5 Å². The van der Waals surface area contributed by atoms with Gasteiger partial charge >= 0.3 is 0 Å². The van der Waals surface area contributed by atoms with Crippen LogP contribution in [0.1, 0.15) is 36.8 Å². The van der Waals surface area contributed by atoms with Gasteiger partial charge in [-0.05, 0) is 29.2 Å². The topological polar surface area (TPSA) is 90.3 Å². The van der Waals surface area contributed by atoms with Gasteiger partial charge in [-0.3, -0.25) is 9.78 Å². The Morgan fingerprint density at radius 1 is 1.03 bits per heavy atom. The van der Waals surface area contributed by atoms with E-state index in [9.17, 15) is 4.79 Å².